The lowest BCUT2D eigenvalue weighted by atomic mass is 9.95. The van der Waals surface area contributed by atoms with E-state index in [1.54, 1.807) is 12.2 Å². The molecule has 0 fully saturated rings. The molecule has 9 heteroatoms. The molecule has 1 aliphatic carbocycles. The van der Waals surface area contributed by atoms with E-state index >= 15 is 0 Å². The molecule has 7 N–H and O–H groups in total. The fourth-order valence-electron chi connectivity index (χ4n) is 6.60. The summed E-state index contributed by atoms with van der Waals surface area (Å²) in [6, 6.07) is -1.25. The van der Waals surface area contributed by atoms with Crippen LogP contribution in [0.2, 0.25) is 0 Å². The third-order valence-electron chi connectivity index (χ3n) is 10.1. The van der Waals surface area contributed by atoms with Gasteiger partial charge in [-0.25, -0.2) is 4.79 Å². The summed E-state index contributed by atoms with van der Waals surface area (Å²) >= 11 is 0. The topological polar surface area (TPSA) is 152 Å². The molecule has 0 heterocycles. The zero-order valence-electron chi connectivity index (χ0n) is 31.5. The van der Waals surface area contributed by atoms with Gasteiger partial charge >= 0.3 is 6.03 Å². The van der Waals surface area contributed by atoms with Gasteiger partial charge in [0.25, 0.3) is 0 Å². The molecule has 0 saturated carbocycles. The Balaban J connectivity index is 2.09. The fourth-order valence-corrected chi connectivity index (χ4v) is 6.60. The van der Waals surface area contributed by atoms with E-state index in [2.05, 4.69) is 17.6 Å². The van der Waals surface area contributed by atoms with E-state index in [1.165, 1.54) is 122 Å². The second kappa shape index (κ2) is 31.5. The summed E-state index contributed by atoms with van der Waals surface area (Å²) in [5.74, 6) is 0. The van der Waals surface area contributed by atoms with E-state index in [1.807, 2.05) is 6.92 Å². The summed E-state index contributed by atoms with van der Waals surface area (Å²) in [7, 11) is 0. The molecule has 0 aromatic carbocycles. The minimum absolute atomic E-state index is 0.0682. The molecule has 9 nitrogen and oxygen atoms in total. The van der Waals surface area contributed by atoms with Crippen LogP contribution in [-0.2, 0) is 4.74 Å². The zero-order valence-corrected chi connectivity index (χ0v) is 31.5. The minimum Gasteiger partial charge on any atom is -0.393 e. The number of unbranched alkanes of at least 4 members (excludes halogenated alkanes) is 21. The standard InChI is InChI=1S/C40H78N2O7/c1-3-5-6-7-8-9-10-11-12-13-14-15-16-17-18-19-20-21-22-23-24-27-30-41-40(48)42-34(36(45)31-33(43)4-2)32-49-37-29-26-25-28-35(44)38(46)39(37)47/h25-26,33-39,43-47H,3-24,27-32H2,1-2H3,(H2,41,42,48). The van der Waals surface area contributed by atoms with Crippen molar-refractivity contribution >= 4 is 6.03 Å². The lowest BCUT2D eigenvalue weighted by Gasteiger charge is -2.32. The van der Waals surface area contributed by atoms with Crippen LogP contribution < -0.4 is 10.6 Å². The summed E-state index contributed by atoms with van der Waals surface area (Å²) in [5.41, 5.74) is 0. The first kappa shape index (κ1) is 45.8. The quantitative estimate of drug-likeness (QED) is 0.0291. The molecule has 0 bridgehead atoms. The number of carbonyl (C=O) groups is 1. The molecule has 7 unspecified atom stereocenters. The van der Waals surface area contributed by atoms with Crippen molar-refractivity contribution in [2.45, 2.75) is 223 Å². The first-order valence-electron chi connectivity index (χ1n) is 20.5. The Hall–Kier alpha value is -1.23. The Morgan fingerprint density at radius 2 is 1.12 bits per heavy atom. The van der Waals surface area contributed by atoms with Crippen molar-refractivity contribution in [3.8, 4) is 0 Å². The van der Waals surface area contributed by atoms with E-state index < -0.39 is 48.7 Å². The Labute approximate surface area is 300 Å². The molecule has 290 valence electrons. The third kappa shape index (κ3) is 24.6. The largest absolute Gasteiger partial charge is 0.393 e. The van der Waals surface area contributed by atoms with Crippen molar-refractivity contribution in [3.05, 3.63) is 12.2 Å². The van der Waals surface area contributed by atoms with Gasteiger partial charge in [0.15, 0.2) is 0 Å². The molecule has 7 atom stereocenters. The molecule has 0 saturated heterocycles. The first-order valence-corrected chi connectivity index (χ1v) is 20.5. The fraction of sp³-hybridized carbons (Fsp3) is 0.925. The Morgan fingerprint density at radius 1 is 0.673 bits per heavy atom. The number of urea groups is 1. The van der Waals surface area contributed by atoms with Crippen LogP contribution in [0.1, 0.15) is 181 Å². The number of hydrogen-bond donors (Lipinski definition) is 7. The molecule has 2 amide bonds. The number of nitrogens with one attached hydrogen (secondary N) is 2. The summed E-state index contributed by atoms with van der Waals surface area (Å²) in [6.45, 7) is 4.50. The molecule has 0 aromatic rings. The third-order valence-corrected chi connectivity index (χ3v) is 10.1. The van der Waals surface area contributed by atoms with E-state index in [0.717, 1.165) is 19.3 Å². The van der Waals surface area contributed by atoms with Gasteiger partial charge in [0.1, 0.15) is 12.2 Å². The summed E-state index contributed by atoms with van der Waals surface area (Å²) < 4.78 is 5.85. The van der Waals surface area contributed by atoms with Crippen LogP contribution >= 0.6 is 0 Å². The van der Waals surface area contributed by atoms with Gasteiger partial charge in [0.2, 0.25) is 0 Å². The number of aliphatic hydroxyl groups is 5. The molecule has 0 spiro atoms. The number of hydrogen-bond acceptors (Lipinski definition) is 7. The summed E-state index contributed by atoms with van der Waals surface area (Å²) in [4.78, 5) is 12.7. The average Bonchev–Trinajstić information content (AvgIpc) is 3.09. The zero-order chi connectivity index (χ0) is 36.0. The van der Waals surface area contributed by atoms with Gasteiger partial charge in [-0.1, -0.05) is 161 Å². The van der Waals surface area contributed by atoms with Crippen LogP contribution in [0.3, 0.4) is 0 Å². The van der Waals surface area contributed by atoms with Gasteiger partial charge in [-0.3, -0.25) is 0 Å². The predicted molar refractivity (Wildman–Crippen MR) is 201 cm³/mol. The van der Waals surface area contributed by atoms with E-state index in [-0.39, 0.29) is 19.4 Å². The maximum atomic E-state index is 12.7. The molecular weight excluding hydrogens is 620 g/mol. The predicted octanol–water partition coefficient (Wildman–Crippen LogP) is 7.60. The molecule has 0 aliphatic heterocycles. The van der Waals surface area contributed by atoms with Crippen LogP contribution in [0.25, 0.3) is 0 Å². The van der Waals surface area contributed by atoms with Crippen LogP contribution in [0.4, 0.5) is 4.79 Å². The first-order chi connectivity index (χ1) is 23.8. The highest BCUT2D eigenvalue weighted by molar-refractivity contribution is 5.74. The second-order valence-electron chi connectivity index (χ2n) is 14.7. The maximum Gasteiger partial charge on any atom is 0.315 e. The normalized spacial score (nSPS) is 21.5. The van der Waals surface area contributed by atoms with Gasteiger partial charge in [0.05, 0.1) is 37.1 Å². The number of ether oxygens (including phenoxy) is 1. The molecule has 0 radical (unpaired) electrons. The second-order valence-corrected chi connectivity index (χ2v) is 14.7. The number of rotatable bonds is 31. The van der Waals surface area contributed by atoms with Crippen molar-refractivity contribution < 1.29 is 35.1 Å². The van der Waals surface area contributed by atoms with Gasteiger partial charge in [0, 0.05) is 13.0 Å². The smallest absolute Gasteiger partial charge is 0.315 e. The Bertz CT molecular complexity index is 786. The van der Waals surface area contributed by atoms with Crippen LogP contribution in [0.5, 0.6) is 0 Å². The van der Waals surface area contributed by atoms with Crippen LogP contribution in [0.15, 0.2) is 12.2 Å². The molecule has 49 heavy (non-hydrogen) atoms. The molecule has 0 aromatic heterocycles. The molecule has 1 rings (SSSR count). The molecular formula is C40H78N2O7. The summed E-state index contributed by atoms with van der Waals surface area (Å²) in [5, 5.41) is 57.2. The highest BCUT2D eigenvalue weighted by atomic mass is 16.5. The number of aliphatic hydroxyl groups excluding tert-OH is 5. The van der Waals surface area contributed by atoms with Crippen molar-refractivity contribution in [3.63, 3.8) is 0 Å². The maximum absolute atomic E-state index is 12.7. The van der Waals surface area contributed by atoms with Crippen molar-refractivity contribution in [1.82, 2.24) is 10.6 Å². The number of amides is 2. The average molecular weight is 699 g/mol. The highest BCUT2D eigenvalue weighted by Gasteiger charge is 2.33. The Kier molecular flexibility index (Phi) is 29.4. The summed E-state index contributed by atoms with van der Waals surface area (Å²) in [6.07, 6.45) is 27.6. The number of carbonyl (C=O) groups excluding carboxylic acids is 1. The Morgan fingerprint density at radius 3 is 1.59 bits per heavy atom. The van der Waals surface area contributed by atoms with Crippen molar-refractivity contribution in [2.24, 2.45) is 0 Å². The lowest BCUT2D eigenvalue weighted by molar-refractivity contribution is -0.128. The van der Waals surface area contributed by atoms with Crippen molar-refractivity contribution in [2.75, 3.05) is 13.2 Å². The highest BCUT2D eigenvalue weighted by Crippen LogP contribution is 2.19. The van der Waals surface area contributed by atoms with Gasteiger partial charge < -0.3 is 40.9 Å². The van der Waals surface area contributed by atoms with Crippen LogP contribution in [-0.4, -0.2) is 87.4 Å². The van der Waals surface area contributed by atoms with Crippen LogP contribution in [0, 0.1) is 0 Å². The van der Waals surface area contributed by atoms with Crippen molar-refractivity contribution in [1.29, 1.82) is 0 Å². The van der Waals surface area contributed by atoms with E-state index in [9.17, 15) is 30.3 Å². The molecule has 1 aliphatic rings. The van der Waals surface area contributed by atoms with Gasteiger partial charge in [-0.15, -0.1) is 0 Å². The van der Waals surface area contributed by atoms with Gasteiger partial charge in [-0.2, -0.15) is 0 Å². The monoisotopic (exact) mass is 699 g/mol. The van der Waals surface area contributed by atoms with Gasteiger partial charge in [-0.05, 0) is 25.7 Å². The minimum atomic E-state index is -1.37. The van der Waals surface area contributed by atoms with E-state index in [4.69, 9.17) is 4.74 Å². The SMILES string of the molecule is CCCCCCCCCCCCCCCCCCCCCCCCNC(=O)NC(COC1CC=CCC(O)C(O)C1O)C(O)CC(O)CC. The van der Waals surface area contributed by atoms with E-state index in [0.29, 0.717) is 19.4 Å². The lowest BCUT2D eigenvalue weighted by Crippen LogP contribution is -2.53.